The van der Waals surface area contributed by atoms with Crippen molar-refractivity contribution in [2.24, 2.45) is 0 Å². The second-order valence-electron chi connectivity index (χ2n) is 5.05. The van der Waals surface area contributed by atoms with Gasteiger partial charge in [0.15, 0.2) is 5.16 Å². The van der Waals surface area contributed by atoms with Crippen LogP contribution in [0.25, 0.3) is 0 Å². The first kappa shape index (κ1) is 13.9. The Morgan fingerprint density at radius 3 is 2.95 bits per heavy atom. The van der Waals surface area contributed by atoms with Gasteiger partial charge in [0.1, 0.15) is 0 Å². The molecule has 1 unspecified atom stereocenters. The van der Waals surface area contributed by atoms with Gasteiger partial charge in [-0.05, 0) is 49.2 Å². The first-order chi connectivity index (χ1) is 10.1. The Bertz CT molecular complexity index is 768. The monoisotopic (exact) mass is 302 g/mol. The Balaban J connectivity index is 2.01. The van der Waals surface area contributed by atoms with Crippen molar-refractivity contribution in [1.29, 1.82) is 5.26 Å². The van der Waals surface area contributed by atoms with Crippen molar-refractivity contribution in [2.45, 2.75) is 42.0 Å². The minimum atomic E-state index is -0.653. The van der Waals surface area contributed by atoms with E-state index >= 15 is 0 Å². The Morgan fingerprint density at radius 2 is 2.33 bits per heavy atom. The molecular weight excluding hydrogens is 288 g/mol. The van der Waals surface area contributed by atoms with Gasteiger partial charge in [-0.1, -0.05) is 6.07 Å². The molecule has 2 aromatic rings. The van der Waals surface area contributed by atoms with Crippen molar-refractivity contribution in [3.8, 4) is 6.07 Å². The molecule has 0 saturated heterocycles. The molecule has 2 N–H and O–H groups in total. The number of benzene rings is 1. The van der Waals surface area contributed by atoms with Gasteiger partial charge >= 0.3 is 5.69 Å². The molecule has 21 heavy (non-hydrogen) atoms. The van der Waals surface area contributed by atoms with Crippen molar-refractivity contribution in [3.05, 3.63) is 39.8 Å². The third-order valence-electron chi connectivity index (χ3n) is 3.38. The van der Waals surface area contributed by atoms with E-state index in [2.05, 4.69) is 16.3 Å². The lowest BCUT2D eigenvalue weighted by Crippen LogP contribution is -2.16. The zero-order valence-electron chi connectivity index (χ0n) is 11.4. The molecule has 6 nitrogen and oxygen atoms in total. The number of rotatable bonds is 4. The number of aromatic amines is 1. The Kier molecular flexibility index (Phi) is 3.57. The van der Waals surface area contributed by atoms with Crippen LogP contribution in [0.3, 0.4) is 0 Å². The number of aromatic nitrogens is 3. The minimum absolute atomic E-state index is 0.213. The normalized spacial score (nSPS) is 15.7. The molecule has 108 valence electrons. The predicted molar refractivity (Wildman–Crippen MR) is 77.0 cm³/mol. The van der Waals surface area contributed by atoms with Gasteiger partial charge in [0, 0.05) is 10.9 Å². The van der Waals surface area contributed by atoms with E-state index in [1.54, 1.807) is 29.7 Å². The van der Waals surface area contributed by atoms with Crippen LogP contribution in [0.2, 0.25) is 0 Å². The molecule has 0 aliphatic heterocycles. The fourth-order valence-corrected chi connectivity index (χ4v) is 3.31. The topological polar surface area (TPSA) is 94.7 Å². The highest BCUT2D eigenvalue weighted by molar-refractivity contribution is 7.99. The van der Waals surface area contributed by atoms with Gasteiger partial charge in [-0.3, -0.25) is 4.57 Å². The highest BCUT2D eigenvalue weighted by Gasteiger charge is 2.29. The van der Waals surface area contributed by atoms with Gasteiger partial charge < -0.3 is 5.11 Å². The Hall–Kier alpha value is -2.04. The standard InChI is InChI=1S/C14H14N4O2S/c1-8(19)11-5-2-9(7-15)6-12(11)21-14-17-16-13(20)18(14)10-3-4-10/h2,5-6,8,10,19H,3-4H2,1H3,(H,16,20). The fourth-order valence-electron chi connectivity index (χ4n) is 2.15. The van der Waals surface area contributed by atoms with Crippen molar-refractivity contribution in [1.82, 2.24) is 14.8 Å². The summed E-state index contributed by atoms with van der Waals surface area (Å²) in [5.74, 6) is 0. The minimum Gasteiger partial charge on any atom is -0.389 e. The molecule has 0 radical (unpaired) electrons. The van der Waals surface area contributed by atoms with Crippen LogP contribution >= 0.6 is 11.8 Å². The summed E-state index contributed by atoms with van der Waals surface area (Å²) in [7, 11) is 0. The molecule has 1 heterocycles. The summed E-state index contributed by atoms with van der Waals surface area (Å²) in [6.45, 7) is 1.67. The first-order valence-electron chi connectivity index (χ1n) is 6.67. The largest absolute Gasteiger partial charge is 0.389 e. The Labute approximate surface area is 125 Å². The SMILES string of the molecule is CC(O)c1ccc(C#N)cc1Sc1n[nH]c(=O)n1C1CC1. The number of nitrogens with one attached hydrogen (secondary N) is 1. The molecule has 1 aliphatic rings. The Morgan fingerprint density at radius 1 is 1.57 bits per heavy atom. The van der Waals surface area contributed by atoms with Crippen molar-refractivity contribution < 1.29 is 5.11 Å². The van der Waals surface area contributed by atoms with Gasteiger partial charge in [-0.25, -0.2) is 9.89 Å². The van der Waals surface area contributed by atoms with Crippen LogP contribution in [0.5, 0.6) is 0 Å². The molecule has 1 aromatic carbocycles. The fraction of sp³-hybridized carbons (Fsp3) is 0.357. The van der Waals surface area contributed by atoms with Crippen LogP contribution in [-0.4, -0.2) is 19.9 Å². The van der Waals surface area contributed by atoms with Gasteiger partial charge in [0.05, 0.1) is 17.7 Å². The summed E-state index contributed by atoms with van der Waals surface area (Å²) < 4.78 is 1.65. The molecule has 7 heteroatoms. The van der Waals surface area contributed by atoms with E-state index in [0.717, 1.165) is 23.3 Å². The number of aliphatic hydroxyl groups is 1. The van der Waals surface area contributed by atoms with Gasteiger partial charge in [-0.15, -0.1) is 5.10 Å². The quantitative estimate of drug-likeness (QED) is 0.900. The van der Waals surface area contributed by atoms with E-state index in [-0.39, 0.29) is 11.7 Å². The maximum Gasteiger partial charge on any atom is 0.344 e. The molecule has 0 amide bonds. The number of hydrogen-bond donors (Lipinski definition) is 2. The maximum absolute atomic E-state index is 11.8. The highest BCUT2D eigenvalue weighted by atomic mass is 32.2. The van der Waals surface area contributed by atoms with E-state index in [1.165, 1.54) is 11.8 Å². The second-order valence-corrected chi connectivity index (χ2v) is 6.06. The lowest BCUT2D eigenvalue weighted by molar-refractivity contribution is 0.196. The molecule has 1 saturated carbocycles. The lowest BCUT2D eigenvalue weighted by Gasteiger charge is -2.11. The molecule has 1 aromatic heterocycles. The smallest absolute Gasteiger partial charge is 0.344 e. The van der Waals surface area contributed by atoms with Gasteiger partial charge in [0.2, 0.25) is 0 Å². The third-order valence-corrected chi connectivity index (χ3v) is 4.42. The zero-order valence-corrected chi connectivity index (χ0v) is 12.2. The highest BCUT2D eigenvalue weighted by Crippen LogP contribution is 2.39. The summed E-state index contributed by atoms with van der Waals surface area (Å²) in [4.78, 5) is 12.5. The van der Waals surface area contributed by atoms with Crippen LogP contribution in [0, 0.1) is 11.3 Å². The van der Waals surface area contributed by atoms with E-state index < -0.39 is 6.10 Å². The number of hydrogen-bond acceptors (Lipinski definition) is 5. The van der Waals surface area contributed by atoms with E-state index in [1.807, 2.05) is 0 Å². The third kappa shape index (κ3) is 2.73. The molecule has 0 bridgehead atoms. The number of aliphatic hydroxyl groups excluding tert-OH is 1. The van der Waals surface area contributed by atoms with E-state index in [9.17, 15) is 9.90 Å². The maximum atomic E-state index is 11.8. The molecule has 1 aliphatic carbocycles. The number of nitriles is 1. The van der Waals surface area contributed by atoms with E-state index in [0.29, 0.717) is 10.7 Å². The zero-order chi connectivity index (χ0) is 15.0. The summed E-state index contributed by atoms with van der Waals surface area (Å²) in [5.41, 5.74) is 1.02. The first-order valence-corrected chi connectivity index (χ1v) is 7.48. The van der Waals surface area contributed by atoms with Crippen molar-refractivity contribution >= 4 is 11.8 Å². The van der Waals surface area contributed by atoms with Crippen LogP contribution in [0.4, 0.5) is 0 Å². The van der Waals surface area contributed by atoms with Crippen LogP contribution in [0.15, 0.2) is 33.0 Å². The van der Waals surface area contributed by atoms with E-state index in [4.69, 9.17) is 5.26 Å². The van der Waals surface area contributed by atoms with Crippen LogP contribution in [-0.2, 0) is 0 Å². The number of nitrogens with zero attached hydrogens (tertiary/aromatic N) is 3. The predicted octanol–water partition coefficient (Wildman–Crippen LogP) is 1.98. The summed E-state index contributed by atoms with van der Waals surface area (Å²) in [5, 5.41) is 26.0. The van der Waals surface area contributed by atoms with Gasteiger partial charge in [-0.2, -0.15) is 5.26 Å². The summed E-state index contributed by atoms with van der Waals surface area (Å²) >= 11 is 1.30. The molecule has 1 fully saturated rings. The average molecular weight is 302 g/mol. The summed E-state index contributed by atoms with van der Waals surface area (Å²) in [6, 6.07) is 7.41. The average Bonchev–Trinajstić information content (AvgIpc) is 3.23. The second kappa shape index (κ2) is 5.39. The molecule has 0 spiro atoms. The van der Waals surface area contributed by atoms with Crippen molar-refractivity contribution in [2.75, 3.05) is 0 Å². The van der Waals surface area contributed by atoms with Crippen LogP contribution < -0.4 is 5.69 Å². The number of H-pyrrole nitrogens is 1. The molecule has 1 atom stereocenters. The molecule has 3 rings (SSSR count). The summed E-state index contributed by atoms with van der Waals surface area (Å²) in [6.07, 6.45) is 1.31. The lowest BCUT2D eigenvalue weighted by atomic mass is 10.1. The van der Waals surface area contributed by atoms with Crippen molar-refractivity contribution in [3.63, 3.8) is 0 Å². The molecular formula is C14H14N4O2S. The van der Waals surface area contributed by atoms with Crippen LogP contribution in [0.1, 0.15) is 43.0 Å². The van der Waals surface area contributed by atoms with Gasteiger partial charge in [0.25, 0.3) is 0 Å².